The van der Waals surface area contributed by atoms with Crippen LogP contribution in [-0.2, 0) is 12.8 Å². The van der Waals surface area contributed by atoms with E-state index in [0.717, 1.165) is 0 Å². The molecule has 1 aromatic rings. The third-order valence-electron chi connectivity index (χ3n) is 2.85. The van der Waals surface area contributed by atoms with E-state index < -0.39 is 11.9 Å². The van der Waals surface area contributed by atoms with Crippen LogP contribution in [0.1, 0.15) is 45.7 Å². The Morgan fingerprint density at radius 1 is 1.00 bits per heavy atom. The molecule has 98 valence electrons. The highest BCUT2D eigenvalue weighted by Crippen LogP contribution is 2.36. The fourth-order valence-corrected chi connectivity index (χ4v) is 2.04. The summed E-state index contributed by atoms with van der Waals surface area (Å²) in [6.07, 6.45) is 0.410. The summed E-state index contributed by atoms with van der Waals surface area (Å²) in [6.45, 7) is 3.27. The highest BCUT2D eigenvalue weighted by atomic mass is 16.4. The van der Waals surface area contributed by atoms with Crippen molar-refractivity contribution in [2.75, 3.05) is 5.73 Å². The third kappa shape index (κ3) is 1.97. The van der Waals surface area contributed by atoms with Crippen molar-refractivity contribution in [3.05, 3.63) is 22.3 Å². The lowest BCUT2D eigenvalue weighted by Crippen LogP contribution is -2.16. The lowest BCUT2D eigenvalue weighted by molar-refractivity contribution is 0.0649. The highest BCUT2D eigenvalue weighted by molar-refractivity contribution is 6.06. The zero-order valence-electron chi connectivity index (χ0n) is 10.1. The van der Waals surface area contributed by atoms with Crippen LogP contribution in [0.25, 0.3) is 0 Å². The van der Waals surface area contributed by atoms with Crippen molar-refractivity contribution < 1.29 is 24.9 Å². The molecule has 0 bridgehead atoms. The van der Waals surface area contributed by atoms with E-state index in [-0.39, 0.29) is 46.5 Å². The maximum absolute atomic E-state index is 11.2. The van der Waals surface area contributed by atoms with Gasteiger partial charge in [-0.05, 0) is 18.4 Å². The number of carboxylic acid groups (broad SMARTS) is 2. The number of phenolic OH excluding ortho intramolecular Hbond substituents is 1. The zero-order chi connectivity index (χ0) is 14.0. The van der Waals surface area contributed by atoms with E-state index >= 15 is 0 Å². The zero-order valence-corrected chi connectivity index (χ0v) is 10.1. The molecule has 1 rings (SSSR count). The number of carbonyl (C=O) groups is 2. The molecule has 1 aromatic carbocycles. The van der Waals surface area contributed by atoms with Crippen molar-refractivity contribution in [1.82, 2.24) is 0 Å². The van der Waals surface area contributed by atoms with Crippen molar-refractivity contribution in [3.8, 4) is 5.75 Å². The monoisotopic (exact) mass is 253 g/mol. The lowest BCUT2D eigenvalue weighted by atomic mass is 9.90. The fraction of sp³-hybridized carbons (Fsp3) is 0.333. The van der Waals surface area contributed by atoms with E-state index in [9.17, 15) is 14.7 Å². The Hall–Kier alpha value is -2.24. The minimum Gasteiger partial charge on any atom is -0.505 e. The van der Waals surface area contributed by atoms with Crippen molar-refractivity contribution in [2.24, 2.45) is 0 Å². The molecule has 0 aliphatic heterocycles. The first-order chi connectivity index (χ1) is 8.36. The van der Waals surface area contributed by atoms with Gasteiger partial charge >= 0.3 is 11.9 Å². The Morgan fingerprint density at radius 3 is 1.72 bits per heavy atom. The second-order valence-electron chi connectivity index (χ2n) is 3.79. The van der Waals surface area contributed by atoms with Crippen molar-refractivity contribution in [3.63, 3.8) is 0 Å². The van der Waals surface area contributed by atoms with Gasteiger partial charge in [0, 0.05) is 5.56 Å². The largest absolute Gasteiger partial charge is 0.505 e. The molecular formula is C12H15NO5. The van der Waals surface area contributed by atoms with Gasteiger partial charge in [0.25, 0.3) is 0 Å². The molecular weight excluding hydrogens is 238 g/mol. The Balaban J connectivity index is 3.90. The number of aromatic carboxylic acids is 2. The molecule has 0 atom stereocenters. The van der Waals surface area contributed by atoms with Gasteiger partial charge in [-0.25, -0.2) is 9.59 Å². The summed E-state index contributed by atoms with van der Waals surface area (Å²) in [5.74, 6) is -3.07. The second kappa shape index (κ2) is 4.95. The van der Waals surface area contributed by atoms with Gasteiger partial charge in [0.05, 0.1) is 16.8 Å². The second-order valence-corrected chi connectivity index (χ2v) is 3.79. The molecule has 0 aromatic heterocycles. The van der Waals surface area contributed by atoms with E-state index in [1.165, 1.54) is 0 Å². The van der Waals surface area contributed by atoms with Crippen LogP contribution in [0.5, 0.6) is 5.75 Å². The molecule has 0 spiro atoms. The standard InChI is InChI=1S/C12H15NO5/c1-3-5-7(11(15)16)8(12(17)18)6(4-2)10(14)9(5)13/h14H,3-4,13H2,1-2H3,(H,15,16)(H,17,18). The van der Waals surface area contributed by atoms with Gasteiger partial charge in [-0.3, -0.25) is 0 Å². The number of anilines is 1. The van der Waals surface area contributed by atoms with Gasteiger partial charge in [-0.1, -0.05) is 13.8 Å². The molecule has 0 aliphatic carbocycles. The fourth-order valence-electron chi connectivity index (χ4n) is 2.04. The molecule has 0 radical (unpaired) electrons. The van der Waals surface area contributed by atoms with E-state index in [2.05, 4.69) is 0 Å². The molecule has 0 saturated carbocycles. The van der Waals surface area contributed by atoms with Crippen molar-refractivity contribution in [2.45, 2.75) is 26.7 Å². The van der Waals surface area contributed by atoms with Crippen LogP contribution in [0.15, 0.2) is 0 Å². The number of carboxylic acids is 2. The van der Waals surface area contributed by atoms with Crippen molar-refractivity contribution >= 4 is 17.6 Å². The number of rotatable bonds is 4. The molecule has 0 aliphatic rings. The van der Waals surface area contributed by atoms with Crippen LogP contribution in [-0.4, -0.2) is 27.3 Å². The Labute approximate surface area is 104 Å². The number of phenols is 1. The summed E-state index contributed by atoms with van der Waals surface area (Å²) in [4.78, 5) is 22.5. The van der Waals surface area contributed by atoms with Crippen LogP contribution in [0.3, 0.4) is 0 Å². The van der Waals surface area contributed by atoms with Crippen LogP contribution in [0, 0.1) is 0 Å². The normalized spacial score (nSPS) is 10.3. The first-order valence-electron chi connectivity index (χ1n) is 5.49. The van der Waals surface area contributed by atoms with Gasteiger partial charge < -0.3 is 21.1 Å². The minimum absolute atomic E-state index is 0.0506. The van der Waals surface area contributed by atoms with E-state index in [1.807, 2.05) is 0 Å². The summed E-state index contributed by atoms with van der Waals surface area (Å²) >= 11 is 0. The number of benzene rings is 1. The quantitative estimate of drug-likeness (QED) is 0.476. The van der Waals surface area contributed by atoms with Gasteiger partial charge in [0.15, 0.2) is 0 Å². The Kier molecular flexibility index (Phi) is 3.80. The summed E-state index contributed by atoms with van der Waals surface area (Å²) in [6, 6.07) is 0. The SMILES string of the molecule is CCc1c(N)c(O)c(CC)c(C(=O)O)c1C(=O)O. The average molecular weight is 253 g/mol. The van der Waals surface area contributed by atoms with Gasteiger partial charge in [-0.2, -0.15) is 0 Å². The molecule has 0 amide bonds. The number of nitrogens with two attached hydrogens (primary N) is 1. The predicted molar refractivity (Wildman–Crippen MR) is 65.2 cm³/mol. The van der Waals surface area contributed by atoms with E-state index in [1.54, 1.807) is 13.8 Å². The summed E-state index contributed by atoms with van der Waals surface area (Å²) < 4.78 is 0. The van der Waals surface area contributed by atoms with Crippen molar-refractivity contribution in [1.29, 1.82) is 0 Å². The lowest BCUT2D eigenvalue weighted by Gasteiger charge is -2.17. The molecule has 6 nitrogen and oxygen atoms in total. The first-order valence-corrected chi connectivity index (χ1v) is 5.49. The van der Waals surface area contributed by atoms with E-state index in [4.69, 9.17) is 15.9 Å². The maximum atomic E-state index is 11.2. The van der Waals surface area contributed by atoms with Crippen LogP contribution >= 0.6 is 0 Å². The van der Waals surface area contributed by atoms with Gasteiger partial charge in [0.2, 0.25) is 0 Å². The summed E-state index contributed by atoms with van der Waals surface area (Å²) in [5, 5.41) is 28.2. The predicted octanol–water partition coefficient (Wildman–Crippen LogP) is 1.50. The summed E-state index contributed by atoms with van der Waals surface area (Å²) in [7, 11) is 0. The molecule has 0 saturated heterocycles. The minimum atomic E-state index is -1.38. The Morgan fingerprint density at radius 2 is 1.39 bits per heavy atom. The molecule has 6 heteroatoms. The number of nitrogen functional groups attached to an aromatic ring is 1. The first kappa shape index (κ1) is 13.8. The molecule has 5 N–H and O–H groups in total. The van der Waals surface area contributed by atoms with Crippen LogP contribution < -0.4 is 5.73 Å². The number of hydrogen-bond acceptors (Lipinski definition) is 4. The number of hydrogen-bond donors (Lipinski definition) is 4. The number of aromatic hydroxyl groups is 1. The highest BCUT2D eigenvalue weighted by Gasteiger charge is 2.28. The van der Waals surface area contributed by atoms with Gasteiger partial charge in [0.1, 0.15) is 5.75 Å². The average Bonchev–Trinajstić information content (AvgIpc) is 2.30. The summed E-state index contributed by atoms with van der Waals surface area (Å²) in [5.41, 5.74) is 5.09. The Bertz CT molecular complexity index is 475. The molecule has 0 unspecified atom stereocenters. The van der Waals surface area contributed by atoms with E-state index in [0.29, 0.717) is 0 Å². The molecule has 18 heavy (non-hydrogen) atoms. The topological polar surface area (TPSA) is 121 Å². The van der Waals surface area contributed by atoms with Gasteiger partial charge in [-0.15, -0.1) is 0 Å². The maximum Gasteiger partial charge on any atom is 0.337 e. The molecule has 0 fully saturated rings. The van der Waals surface area contributed by atoms with Crippen LogP contribution in [0.2, 0.25) is 0 Å². The smallest absolute Gasteiger partial charge is 0.337 e. The third-order valence-corrected chi connectivity index (χ3v) is 2.85. The van der Waals surface area contributed by atoms with Crippen LogP contribution in [0.4, 0.5) is 5.69 Å². The molecule has 0 heterocycles.